The van der Waals surface area contributed by atoms with Crippen molar-refractivity contribution < 1.29 is 38.8 Å². The van der Waals surface area contributed by atoms with Gasteiger partial charge in [-0.3, -0.25) is 4.79 Å². The fraction of sp³-hybridized carbons (Fsp3) is 0.824. The molecule has 0 heterocycles. The van der Waals surface area contributed by atoms with Gasteiger partial charge in [0.1, 0.15) is 25.4 Å². The SMILES string of the molecule is CCCCCCCC(=O)OCC(COC(=O)[C@H](C)O)OC(=O)[C@H](C)O. The molecule has 0 saturated carbocycles. The summed E-state index contributed by atoms with van der Waals surface area (Å²) in [5, 5.41) is 18.2. The second-order valence-corrected chi connectivity index (χ2v) is 5.89. The number of hydrogen-bond donors (Lipinski definition) is 2. The van der Waals surface area contributed by atoms with Crippen LogP contribution in [0.1, 0.15) is 59.3 Å². The van der Waals surface area contributed by atoms with E-state index in [9.17, 15) is 14.4 Å². The molecular formula is C17H30O8. The van der Waals surface area contributed by atoms with E-state index in [1.807, 2.05) is 0 Å². The van der Waals surface area contributed by atoms with Crippen LogP contribution in [0.5, 0.6) is 0 Å². The molecule has 0 fully saturated rings. The lowest BCUT2D eigenvalue weighted by molar-refractivity contribution is -0.174. The van der Waals surface area contributed by atoms with Crippen molar-refractivity contribution in [1.82, 2.24) is 0 Å². The van der Waals surface area contributed by atoms with Gasteiger partial charge in [-0.2, -0.15) is 0 Å². The van der Waals surface area contributed by atoms with Gasteiger partial charge in [-0.15, -0.1) is 0 Å². The molecule has 0 amide bonds. The molecule has 0 spiro atoms. The minimum Gasteiger partial charge on any atom is -0.462 e. The van der Waals surface area contributed by atoms with Crippen molar-refractivity contribution >= 4 is 17.9 Å². The number of aliphatic hydroxyl groups is 2. The standard InChI is InChI=1S/C17H30O8/c1-4-5-6-7-8-9-15(20)23-10-14(25-17(22)13(3)19)11-24-16(21)12(2)18/h12-14,18-19H,4-11H2,1-3H3/t12-,13-,14?/m0/s1. The van der Waals surface area contributed by atoms with Gasteiger partial charge >= 0.3 is 17.9 Å². The van der Waals surface area contributed by atoms with E-state index >= 15 is 0 Å². The van der Waals surface area contributed by atoms with Crippen LogP contribution >= 0.6 is 0 Å². The van der Waals surface area contributed by atoms with Crippen molar-refractivity contribution in [1.29, 1.82) is 0 Å². The van der Waals surface area contributed by atoms with Gasteiger partial charge < -0.3 is 24.4 Å². The largest absolute Gasteiger partial charge is 0.462 e. The van der Waals surface area contributed by atoms with Crippen LogP contribution in [0.15, 0.2) is 0 Å². The summed E-state index contributed by atoms with van der Waals surface area (Å²) < 4.78 is 14.7. The Morgan fingerprint density at radius 3 is 1.96 bits per heavy atom. The van der Waals surface area contributed by atoms with Gasteiger partial charge in [0.2, 0.25) is 0 Å². The van der Waals surface area contributed by atoms with Crippen LogP contribution in [-0.4, -0.2) is 59.6 Å². The number of esters is 3. The average molecular weight is 362 g/mol. The average Bonchev–Trinajstić information content (AvgIpc) is 2.56. The first-order valence-corrected chi connectivity index (χ1v) is 8.66. The highest BCUT2D eigenvalue weighted by Gasteiger charge is 2.22. The Hall–Kier alpha value is -1.67. The van der Waals surface area contributed by atoms with Gasteiger partial charge in [0, 0.05) is 6.42 Å². The fourth-order valence-electron chi connectivity index (χ4n) is 1.81. The smallest absolute Gasteiger partial charge is 0.335 e. The zero-order chi connectivity index (χ0) is 19.2. The molecule has 0 aromatic heterocycles. The maximum Gasteiger partial charge on any atom is 0.335 e. The van der Waals surface area contributed by atoms with Gasteiger partial charge in [-0.1, -0.05) is 32.6 Å². The Bertz CT molecular complexity index is 405. The van der Waals surface area contributed by atoms with Gasteiger partial charge in [0.05, 0.1) is 0 Å². The summed E-state index contributed by atoms with van der Waals surface area (Å²) in [4.78, 5) is 34.4. The second-order valence-electron chi connectivity index (χ2n) is 5.89. The first kappa shape index (κ1) is 23.3. The monoisotopic (exact) mass is 362 g/mol. The molecular weight excluding hydrogens is 332 g/mol. The van der Waals surface area contributed by atoms with E-state index in [0.29, 0.717) is 6.42 Å². The molecule has 0 saturated heterocycles. The van der Waals surface area contributed by atoms with Crippen molar-refractivity contribution in [3.05, 3.63) is 0 Å². The lowest BCUT2D eigenvalue weighted by atomic mass is 10.1. The van der Waals surface area contributed by atoms with Gasteiger partial charge in [-0.25, -0.2) is 9.59 Å². The van der Waals surface area contributed by atoms with E-state index in [1.54, 1.807) is 0 Å². The summed E-state index contributed by atoms with van der Waals surface area (Å²) >= 11 is 0. The van der Waals surface area contributed by atoms with Crippen molar-refractivity contribution in [2.24, 2.45) is 0 Å². The fourth-order valence-corrected chi connectivity index (χ4v) is 1.81. The van der Waals surface area contributed by atoms with E-state index in [2.05, 4.69) is 6.92 Å². The maximum absolute atomic E-state index is 11.7. The number of aliphatic hydroxyl groups excluding tert-OH is 2. The summed E-state index contributed by atoms with van der Waals surface area (Å²) in [6.07, 6.45) is 1.50. The van der Waals surface area contributed by atoms with Crippen LogP contribution in [0.4, 0.5) is 0 Å². The number of carbonyl (C=O) groups is 3. The molecule has 0 radical (unpaired) electrons. The Morgan fingerprint density at radius 1 is 0.840 bits per heavy atom. The molecule has 0 bridgehead atoms. The minimum atomic E-state index is -1.36. The van der Waals surface area contributed by atoms with E-state index in [0.717, 1.165) is 25.7 Å². The summed E-state index contributed by atoms with van der Waals surface area (Å²) in [6.45, 7) is 3.89. The maximum atomic E-state index is 11.7. The summed E-state index contributed by atoms with van der Waals surface area (Å²) in [6, 6.07) is 0. The molecule has 8 heteroatoms. The number of hydrogen-bond acceptors (Lipinski definition) is 8. The lowest BCUT2D eigenvalue weighted by Crippen LogP contribution is -2.35. The first-order valence-electron chi connectivity index (χ1n) is 8.66. The predicted octanol–water partition coefficient (Wildman–Crippen LogP) is 1.11. The van der Waals surface area contributed by atoms with Gasteiger partial charge in [0.15, 0.2) is 6.10 Å². The molecule has 0 aromatic rings. The Morgan fingerprint density at radius 2 is 1.40 bits per heavy atom. The Balaban J connectivity index is 4.29. The van der Waals surface area contributed by atoms with E-state index in [4.69, 9.17) is 24.4 Å². The van der Waals surface area contributed by atoms with Gasteiger partial charge in [0.25, 0.3) is 0 Å². The molecule has 25 heavy (non-hydrogen) atoms. The highest BCUT2D eigenvalue weighted by molar-refractivity contribution is 5.75. The second kappa shape index (κ2) is 13.6. The highest BCUT2D eigenvalue weighted by Crippen LogP contribution is 2.07. The number of ether oxygens (including phenoxy) is 3. The van der Waals surface area contributed by atoms with Crippen molar-refractivity contribution in [2.75, 3.05) is 13.2 Å². The molecule has 8 nitrogen and oxygen atoms in total. The quantitative estimate of drug-likeness (QED) is 0.284. The van der Waals surface area contributed by atoms with E-state index in [1.165, 1.54) is 13.8 Å². The topological polar surface area (TPSA) is 119 Å². The summed E-state index contributed by atoms with van der Waals surface area (Å²) in [5.74, 6) is -2.24. The third-order valence-electron chi connectivity index (χ3n) is 3.29. The Labute approximate surface area is 148 Å². The van der Waals surface area contributed by atoms with Crippen molar-refractivity contribution in [3.63, 3.8) is 0 Å². The van der Waals surface area contributed by atoms with Crippen LogP contribution in [0.25, 0.3) is 0 Å². The normalized spacial score (nSPS) is 14.3. The number of carbonyl (C=O) groups excluding carboxylic acids is 3. The molecule has 1 unspecified atom stereocenters. The third kappa shape index (κ3) is 12.4. The van der Waals surface area contributed by atoms with Crippen LogP contribution in [0, 0.1) is 0 Å². The summed E-state index contributed by atoms with van der Waals surface area (Å²) in [7, 11) is 0. The minimum absolute atomic E-state index is 0.258. The molecule has 3 atom stereocenters. The molecule has 0 rings (SSSR count). The lowest BCUT2D eigenvalue weighted by Gasteiger charge is -2.19. The zero-order valence-corrected chi connectivity index (χ0v) is 15.2. The number of rotatable bonds is 13. The highest BCUT2D eigenvalue weighted by atomic mass is 16.6. The molecule has 0 aliphatic heterocycles. The predicted molar refractivity (Wildman–Crippen MR) is 88.5 cm³/mol. The molecule has 0 aromatic carbocycles. The van der Waals surface area contributed by atoms with Crippen molar-refractivity contribution in [2.45, 2.75) is 77.6 Å². The first-order chi connectivity index (χ1) is 11.8. The summed E-state index contributed by atoms with van der Waals surface area (Å²) in [5.41, 5.74) is 0. The molecule has 146 valence electrons. The van der Waals surface area contributed by atoms with E-state index < -0.39 is 36.2 Å². The zero-order valence-electron chi connectivity index (χ0n) is 15.2. The third-order valence-corrected chi connectivity index (χ3v) is 3.29. The molecule has 2 N–H and O–H groups in total. The van der Waals surface area contributed by atoms with Crippen LogP contribution in [0.2, 0.25) is 0 Å². The molecule has 0 aliphatic rings. The van der Waals surface area contributed by atoms with Crippen molar-refractivity contribution in [3.8, 4) is 0 Å². The number of unbranched alkanes of at least 4 members (excludes halogenated alkanes) is 4. The van der Waals surface area contributed by atoms with Crippen LogP contribution in [-0.2, 0) is 28.6 Å². The molecule has 0 aliphatic carbocycles. The van der Waals surface area contributed by atoms with E-state index in [-0.39, 0.29) is 19.6 Å². The van der Waals surface area contributed by atoms with Crippen LogP contribution in [0.3, 0.4) is 0 Å². The Kier molecular flexibility index (Phi) is 12.7. The van der Waals surface area contributed by atoms with Crippen LogP contribution < -0.4 is 0 Å². The van der Waals surface area contributed by atoms with Gasteiger partial charge in [-0.05, 0) is 20.3 Å².